The van der Waals surface area contributed by atoms with Crippen molar-refractivity contribution >= 4 is 22.9 Å². The number of anilines is 1. The molecule has 4 heteroatoms. The maximum absolute atomic E-state index is 5.66. The van der Waals surface area contributed by atoms with Gasteiger partial charge in [0, 0.05) is 24.5 Å². The quantitative estimate of drug-likeness (QED) is 0.868. The molecule has 2 N–H and O–H groups in total. The molecule has 98 valence electrons. The highest BCUT2D eigenvalue weighted by atomic mass is 32.1. The molecule has 0 bridgehead atoms. The number of nitrogens with two attached hydrogens (primary N) is 1. The number of aryl methyl sites for hydroxylation is 1. The number of rotatable bonds is 4. The third kappa shape index (κ3) is 3.29. The topological polar surface area (TPSA) is 42.2 Å². The summed E-state index contributed by atoms with van der Waals surface area (Å²) in [5.41, 5.74) is 9.89. The lowest BCUT2D eigenvalue weighted by molar-refractivity contribution is 0.874. The van der Waals surface area contributed by atoms with Gasteiger partial charge in [-0.1, -0.05) is 30.4 Å². The zero-order valence-electron chi connectivity index (χ0n) is 11.1. The first-order valence-corrected chi connectivity index (χ1v) is 6.50. The first-order valence-electron chi connectivity index (χ1n) is 6.09. The molecule has 2 rings (SSSR count). The van der Waals surface area contributed by atoms with Crippen LogP contribution in [0.3, 0.4) is 0 Å². The molecule has 19 heavy (non-hydrogen) atoms. The Bertz CT molecular complexity index is 595. The van der Waals surface area contributed by atoms with Crippen LogP contribution < -0.4 is 10.6 Å². The zero-order chi connectivity index (χ0) is 13.8. The summed E-state index contributed by atoms with van der Waals surface area (Å²) in [6, 6.07) is 12.0. The molecular weight excluding hydrogens is 254 g/mol. The summed E-state index contributed by atoms with van der Waals surface area (Å²) in [5, 5.41) is 0. The van der Waals surface area contributed by atoms with E-state index >= 15 is 0 Å². The van der Waals surface area contributed by atoms with Gasteiger partial charge in [-0.2, -0.15) is 0 Å². The molecule has 3 nitrogen and oxygen atoms in total. The lowest BCUT2D eigenvalue weighted by Crippen LogP contribution is -2.19. The summed E-state index contributed by atoms with van der Waals surface area (Å²) < 4.78 is 0. The lowest BCUT2D eigenvalue weighted by Gasteiger charge is -2.20. The fourth-order valence-electron chi connectivity index (χ4n) is 1.90. The lowest BCUT2D eigenvalue weighted by atomic mass is 10.1. The molecule has 0 saturated heterocycles. The van der Waals surface area contributed by atoms with Gasteiger partial charge in [-0.3, -0.25) is 4.98 Å². The SMILES string of the molecule is Cc1cccnc1CN(C)c1cccc(C(N)=S)c1. The molecule has 0 atom stereocenters. The van der Waals surface area contributed by atoms with E-state index in [0.29, 0.717) is 4.99 Å². The summed E-state index contributed by atoms with van der Waals surface area (Å²) in [4.78, 5) is 6.97. The van der Waals surface area contributed by atoms with Gasteiger partial charge < -0.3 is 10.6 Å². The van der Waals surface area contributed by atoms with Crippen molar-refractivity contribution in [1.29, 1.82) is 0 Å². The van der Waals surface area contributed by atoms with E-state index < -0.39 is 0 Å². The summed E-state index contributed by atoms with van der Waals surface area (Å²) in [7, 11) is 2.03. The molecule has 0 amide bonds. The van der Waals surface area contributed by atoms with E-state index in [9.17, 15) is 0 Å². The molecule has 1 aromatic heterocycles. The maximum Gasteiger partial charge on any atom is 0.104 e. The second-order valence-corrected chi connectivity index (χ2v) is 4.98. The zero-order valence-corrected chi connectivity index (χ0v) is 11.9. The van der Waals surface area contributed by atoms with E-state index in [2.05, 4.69) is 22.9 Å². The summed E-state index contributed by atoms with van der Waals surface area (Å²) >= 11 is 5.01. The van der Waals surface area contributed by atoms with Crippen molar-refractivity contribution < 1.29 is 0 Å². The number of aromatic nitrogens is 1. The second kappa shape index (κ2) is 5.80. The highest BCUT2D eigenvalue weighted by molar-refractivity contribution is 7.80. The first-order chi connectivity index (χ1) is 9.08. The number of nitrogens with zero attached hydrogens (tertiary/aromatic N) is 2. The smallest absolute Gasteiger partial charge is 0.104 e. The molecule has 0 aliphatic heterocycles. The molecule has 0 unspecified atom stereocenters. The average Bonchev–Trinajstić information content (AvgIpc) is 2.41. The van der Waals surface area contributed by atoms with Gasteiger partial charge in [0.15, 0.2) is 0 Å². The normalized spacial score (nSPS) is 10.2. The van der Waals surface area contributed by atoms with E-state index in [4.69, 9.17) is 18.0 Å². The van der Waals surface area contributed by atoms with Crippen LogP contribution in [0.1, 0.15) is 16.8 Å². The van der Waals surface area contributed by atoms with Crippen molar-refractivity contribution in [3.63, 3.8) is 0 Å². The predicted octanol–water partition coefficient (Wildman–Crippen LogP) is 2.66. The molecule has 0 saturated carbocycles. The Balaban J connectivity index is 2.20. The Morgan fingerprint density at radius 1 is 1.32 bits per heavy atom. The monoisotopic (exact) mass is 271 g/mol. The maximum atomic E-state index is 5.66. The van der Waals surface area contributed by atoms with Gasteiger partial charge in [0.25, 0.3) is 0 Å². The van der Waals surface area contributed by atoms with Gasteiger partial charge in [0.2, 0.25) is 0 Å². The van der Waals surface area contributed by atoms with Crippen molar-refractivity contribution in [2.75, 3.05) is 11.9 Å². The molecule has 0 aliphatic rings. The van der Waals surface area contributed by atoms with Crippen LogP contribution in [-0.4, -0.2) is 17.0 Å². The van der Waals surface area contributed by atoms with Gasteiger partial charge in [-0.25, -0.2) is 0 Å². The van der Waals surface area contributed by atoms with Crippen molar-refractivity contribution in [2.45, 2.75) is 13.5 Å². The minimum atomic E-state index is 0.421. The Morgan fingerprint density at radius 2 is 2.11 bits per heavy atom. The first kappa shape index (κ1) is 13.5. The third-order valence-corrected chi connectivity index (χ3v) is 3.31. The average molecular weight is 271 g/mol. The Labute approximate surface area is 119 Å². The van der Waals surface area contributed by atoms with E-state index in [-0.39, 0.29) is 0 Å². The van der Waals surface area contributed by atoms with Crippen molar-refractivity contribution in [3.8, 4) is 0 Å². The third-order valence-electron chi connectivity index (χ3n) is 3.08. The molecular formula is C15H17N3S. The van der Waals surface area contributed by atoms with Crippen LogP contribution in [0.5, 0.6) is 0 Å². The number of benzene rings is 1. The van der Waals surface area contributed by atoms with Crippen molar-refractivity contribution in [1.82, 2.24) is 4.98 Å². The fourth-order valence-corrected chi connectivity index (χ4v) is 2.02. The van der Waals surface area contributed by atoms with Crippen molar-refractivity contribution in [3.05, 3.63) is 59.4 Å². The Morgan fingerprint density at radius 3 is 2.79 bits per heavy atom. The van der Waals surface area contributed by atoms with Crippen LogP contribution in [0.15, 0.2) is 42.6 Å². The molecule has 0 spiro atoms. The molecule has 0 fully saturated rings. The van der Waals surface area contributed by atoms with Gasteiger partial charge in [0.05, 0.1) is 12.2 Å². The number of pyridine rings is 1. The van der Waals surface area contributed by atoms with Crippen LogP contribution in [0.2, 0.25) is 0 Å². The van der Waals surface area contributed by atoms with Gasteiger partial charge in [-0.05, 0) is 30.7 Å². The van der Waals surface area contributed by atoms with Crippen LogP contribution in [0, 0.1) is 6.92 Å². The van der Waals surface area contributed by atoms with Crippen LogP contribution >= 0.6 is 12.2 Å². The number of hydrogen-bond donors (Lipinski definition) is 1. The highest BCUT2D eigenvalue weighted by Crippen LogP contribution is 2.17. The Hall–Kier alpha value is -1.94. The van der Waals surface area contributed by atoms with Crippen LogP contribution in [0.25, 0.3) is 0 Å². The molecule has 1 heterocycles. The van der Waals surface area contributed by atoms with Crippen molar-refractivity contribution in [2.24, 2.45) is 5.73 Å². The number of hydrogen-bond acceptors (Lipinski definition) is 3. The molecule has 0 aliphatic carbocycles. The second-order valence-electron chi connectivity index (χ2n) is 4.54. The summed E-state index contributed by atoms with van der Waals surface area (Å²) in [6.07, 6.45) is 1.82. The summed E-state index contributed by atoms with van der Waals surface area (Å²) in [6.45, 7) is 2.83. The van der Waals surface area contributed by atoms with Crippen LogP contribution in [-0.2, 0) is 6.54 Å². The minimum absolute atomic E-state index is 0.421. The van der Waals surface area contributed by atoms with E-state index in [1.807, 2.05) is 43.6 Å². The highest BCUT2D eigenvalue weighted by Gasteiger charge is 2.06. The molecule has 1 aromatic carbocycles. The number of thiocarbonyl (C=S) groups is 1. The van der Waals surface area contributed by atoms with E-state index in [1.165, 1.54) is 5.56 Å². The van der Waals surface area contributed by atoms with E-state index in [1.54, 1.807) is 0 Å². The van der Waals surface area contributed by atoms with Gasteiger partial charge >= 0.3 is 0 Å². The van der Waals surface area contributed by atoms with Gasteiger partial charge in [-0.15, -0.1) is 0 Å². The van der Waals surface area contributed by atoms with Crippen LogP contribution in [0.4, 0.5) is 5.69 Å². The fraction of sp³-hybridized carbons (Fsp3) is 0.200. The molecule has 0 radical (unpaired) electrons. The summed E-state index contributed by atoms with van der Waals surface area (Å²) in [5.74, 6) is 0. The van der Waals surface area contributed by atoms with Gasteiger partial charge in [0.1, 0.15) is 4.99 Å². The predicted molar refractivity (Wildman–Crippen MR) is 83.4 cm³/mol. The minimum Gasteiger partial charge on any atom is -0.389 e. The molecule has 2 aromatic rings. The Kier molecular flexibility index (Phi) is 4.12. The van der Waals surface area contributed by atoms with E-state index in [0.717, 1.165) is 23.5 Å². The largest absolute Gasteiger partial charge is 0.389 e. The standard InChI is InChI=1S/C15H17N3S/c1-11-5-4-8-17-14(11)10-18(2)13-7-3-6-12(9-13)15(16)19/h3-9H,10H2,1-2H3,(H2,16,19).